The number of nitrogens with zero attached hydrogens (tertiary/aromatic N) is 5. The Morgan fingerprint density at radius 2 is 1.60 bits per heavy atom. The lowest BCUT2D eigenvalue weighted by atomic mass is 9.70. The van der Waals surface area contributed by atoms with Crippen molar-refractivity contribution in [2.24, 2.45) is 5.92 Å². The first-order chi connectivity index (χ1) is 25.9. The van der Waals surface area contributed by atoms with E-state index in [1.54, 1.807) is 4.90 Å². The first-order valence-corrected chi connectivity index (χ1v) is 19.5. The van der Waals surface area contributed by atoms with Gasteiger partial charge in [-0.15, -0.1) is 0 Å². The van der Waals surface area contributed by atoms with Gasteiger partial charge in [0.2, 0.25) is 11.8 Å². The van der Waals surface area contributed by atoms with Gasteiger partial charge in [-0.2, -0.15) is 5.10 Å². The number of nitrogens with one attached hydrogen (secondary N) is 1. The molecule has 3 aromatic carbocycles. The van der Waals surface area contributed by atoms with Crippen LogP contribution < -0.4 is 10.2 Å². The number of piperidine rings is 3. The summed E-state index contributed by atoms with van der Waals surface area (Å²) in [7, 11) is 0. The Kier molecular flexibility index (Phi) is 9.02. The van der Waals surface area contributed by atoms with Crippen LogP contribution >= 0.6 is 0 Å². The Labute approximate surface area is 310 Å². The van der Waals surface area contributed by atoms with E-state index in [0.29, 0.717) is 42.2 Å². The van der Waals surface area contributed by atoms with Gasteiger partial charge in [0.25, 0.3) is 5.91 Å². The highest BCUT2D eigenvalue weighted by molar-refractivity contribution is 6.05. The van der Waals surface area contributed by atoms with Gasteiger partial charge in [-0.05, 0) is 115 Å². The van der Waals surface area contributed by atoms with Crippen LogP contribution in [0.5, 0.6) is 5.75 Å². The molecule has 9 rings (SSSR count). The lowest BCUT2D eigenvalue weighted by molar-refractivity contribution is -0.136. The molecule has 4 aromatic rings. The molecule has 5 aliphatic rings. The summed E-state index contributed by atoms with van der Waals surface area (Å²) in [5, 5.41) is 17.6. The van der Waals surface area contributed by atoms with Crippen molar-refractivity contribution in [2.45, 2.75) is 81.8 Å². The predicted molar refractivity (Wildman–Crippen MR) is 202 cm³/mol. The molecule has 0 spiro atoms. The van der Waals surface area contributed by atoms with Gasteiger partial charge < -0.3 is 19.8 Å². The second-order valence-corrected chi connectivity index (χ2v) is 15.9. The fourth-order valence-corrected chi connectivity index (χ4v) is 9.85. The first kappa shape index (κ1) is 33.8. The number of amides is 3. The van der Waals surface area contributed by atoms with Crippen molar-refractivity contribution in [1.82, 2.24) is 24.9 Å². The number of hydrogen-bond acceptors (Lipinski definition) is 7. The number of carbonyl (C=O) groups excluding carboxylic acids is 3. The molecule has 3 saturated heterocycles. The average molecular weight is 713 g/mol. The fraction of sp³-hybridized carbons (Fsp3) is 0.442. The monoisotopic (exact) mass is 712 g/mol. The molecular weight excluding hydrogens is 665 g/mol. The van der Waals surface area contributed by atoms with E-state index in [4.69, 9.17) is 5.10 Å². The number of hydrogen-bond donors (Lipinski definition) is 2. The van der Waals surface area contributed by atoms with Crippen molar-refractivity contribution in [3.05, 3.63) is 113 Å². The molecule has 3 atom stereocenters. The SMILES string of the molecule is O=C1CC[C@H](N2Cc3cc(N4CCC(CN5CCC(n6cc([C@@H]7c8ccc(O)cc8CC[C@@H]7c7ccccc7)cn6)CC5)CC4)ccc3C2=O)C(=O)N1. The fourth-order valence-electron chi connectivity index (χ4n) is 9.85. The van der Waals surface area contributed by atoms with Crippen LogP contribution in [-0.2, 0) is 22.6 Å². The summed E-state index contributed by atoms with van der Waals surface area (Å²) in [6.07, 6.45) is 11.5. The maximum Gasteiger partial charge on any atom is 0.255 e. The molecule has 0 bridgehead atoms. The molecule has 0 saturated carbocycles. The number of phenolic OH excluding ortho intramolecular Hbond substituents is 1. The Hall–Kier alpha value is -4.96. The normalized spacial score (nSPS) is 24.3. The molecule has 10 nitrogen and oxygen atoms in total. The summed E-state index contributed by atoms with van der Waals surface area (Å²) >= 11 is 0. The first-order valence-electron chi connectivity index (χ1n) is 19.5. The maximum absolute atomic E-state index is 13.2. The summed E-state index contributed by atoms with van der Waals surface area (Å²) in [4.78, 5) is 44.0. The van der Waals surface area contributed by atoms with Gasteiger partial charge in [-0.3, -0.25) is 24.4 Å². The number of imide groups is 1. The molecule has 274 valence electrons. The van der Waals surface area contributed by atoms with E-state index in [9.17, 15) is 19.5 Å². The minimum Gasteiger partial charge on any atom is -0.508 e. The molecule has 53 heavy (non-hydrogen) atoms. The number of benzene rings is 3. The predicted octanol–water partition coefficient (Wildman–Crippen LogP) is 5.77. The number of fused-ring (bicyclic) bond motifs is 2. The van der Waals surface area contributed by atoms with Gasteiger partial charge in [0.1, 0.15) is 11.8 Å². The van der Waals surface area contributed by atoms with Crippen molar-refractivity contribution in [1.29, 1.82) is 0 Å². The molecule has 5 heterocycles. The number of aryl methyl sites for hydroxylation is 1. The second-order valence-electron chi connectivity index (χ2n) is 15.9. The number of aromatic nitrogens is 2. The Morgan fingerprint density at radius 3 is 2.40 bits per heavy atom. The Morgan fingerprint density at radius 1 is 0.792 bits per heavy atom. The van der Waals surface area contributed by atoms with Crippen molar-refractivity contribution in [3.63, 3.8) is 0 Å². The highest BCUT2D eigenvalue weighted by Crippen LogP contribution is 2.47. The van der Waals surface area contributed by atoms with Crippen LogP contribution in [0.3, 0.4) is 0 Å². The minimum atomic E-state index is -0.585. The quantitative estimate of drug-likeness (QED) is 0.235. The second kappa shape index (κ2) is 14.1. The standard InChI is InChI=1S/C43H48N6O4/c50-35-8-11-37-30(23-35)6-9-36(29-4-2-1-3-5-29)41(37)32-24-44-49(27-32)33-16-18-46(19-17-33)25-28-14-20-47(21-15-28)34-7-10-38-31(22-34)26-48(43(38)53)39-12-13-40(51)45-42(39)52/h1-5,7-8,10-11,22-24,27-28,33,36,39,41,50H,6,9,12-21,25-26H2,(H,45,51,52)/t36-,39+,41+/m1/s1. The van der Waals surface area contributed by atoms with Crippen molar-refractivity contribution in [2.75, 3.05) is 37.6 Å². The third-order valence-electron chi connectivity index (χ3n) is 12.7. The number of likely N-dealkylation sites (tertiary alicyclic amines) is 1. The molecule has 4 aliphatic heterocycles. The van der Waals surface area contributed by atoms with Crippen LogP contribution in [0.4, 0.5) is 5.69 Å². The Bertz CT molecular complexity index is 2010. The number of rotatable bonds is 7. The third-order valence-corrected chi connectivity index (χ3v) is 12.7. The molecular formula is C43H48N6O4. The summed E-state index contributed by atoms with van der Waals surface area (Å²) in [5.74, 6) is 0.842. The van der Waals surface area contributed by atoms with Crippen molar-refractivity contribution in [3.8, 4) is 5.75 Å². The molecule has 0 radical (unpaired) electrons. The lowest BCUT2D eigenvalue weighted by Crippen LogP contribution is -2.52. The van der Waals surface area contributed by atoms with Gasteiger partial charge in [0.15, 0.2) is 0 Å². The molecule has 1 aliphatic carbocycles. The van der Waals surface area contributed by atoms with Crippen LogP contribution in [0.1, 0.15) is 101 Å². The number of anilines is 1. The topological polar surface area (TPSA) is 111 Å². The van der Waals surface area contributed by atoms with E-state index in [1.165, 1.54) is 22.3 Å². The van der Waals surface area contributed by atoms with Crippen LogP contribution in [0.25, 0.3) is 0 Å². The lowest BCUT2D eigenvalue weighted by Gasteiger charge is -2.38. The number of phenols is 1. The zero-order valence-corrected chi connectivity index (χ0v) is 30.2. The van der Waals surface area contributed by atoms with E-state index >= 15 is 0 Å². The zero-order valence-electron chi connectivity index (χ0n) is 30.2. The van der Waals surface area contributed by atoms with Crippen molar-refractivity contribution >= 4 is 23.4 Å². The van der Waals surface area contributed by atoms with Gasteiger partial charge in [-0.1, -0.05) is 36.4 Å². The van der Waals surface area contributed by atoms with E-state index in [0.717, 1.165) is 82.5 Å². The van der Waals surface area contributed by atoms with E-state index < -0.39 is 6.04 Å². The van der Waals surface area contributed by atoms with Gasteiger partial charge in [0.05, 0.1) is 12.2 Å². The van der Waals surface area contributed by atoms with E-state index in [1.807, 2.05) is 18.2 Å². The molecule has 10 heteroatoms. The average Bonchev–Trinajstić information content (AvgIpc) is 3.80. The molecule has 0 unspecified atom stereocenters. The molecule has 3 fully saturated rings. The molecule has 2 N–H and O–H groups in total. The summed E-state index contributed by atoms with van der Waals surface area (Å²) in [6.45, 7) is 5.70. The van der Waals surface area contributed by atoms with Crippen LogP contribution in [-0.4, -0.2) is 81.2 Å². The van der Waals surface area contributed by atoms with Crippen LogP contribution in [0.15, 0.2) is 79.1 Å². The Balaban J connectivity index is 0.788. The minimum absolute atomic E-state index is 0.120. The highest BCUT2D eigenvalue weighted by atomic mass is 16.3. The van der Waals surface area contributed by atoms with Crippen LogP contribution in [0, 0.1) is 5.92 Å². The number of carbonyl (C=O) groups is 3. The maximum atomic E-state index is 13.2. The summed E-state index contributed by atoms with van der Waals surface area (Å²) in [5.41, 5.74) is 7.96. The highest BCUT2D eigenvalue weighted by Gasteiger charge is 2.39. The molecule has 1 aromatic heterocycles. The smallest absolute Gasteiger partial charge is 0.255 e. The van der Waals surface area contributed by atoms with Crippen LogP contribution in [0.2, 0.25) is 0 Å². The van der Waals surface area contributed by atoms with Gasteiger partial charge in [0, 0.05) is 69.1 Å². The largest absolute Gasteiger partial charge is 0.508 e. The van der Waals surface area contributed by atoms with Crippen molar-refractivity contribution < 1.29 is 19.5 Å². The van der Waals surface area contributed by atoms with E-state index in [2.05, 4.69) is 80.7 Å². The summed E-state index contributed by atoms with van der Waals surface area (Å²) in [6, 6.07) is 22.7. The number of aromatic hydroxyl groups is 1. The van der Waals surface area contributed by atoms with E-state index in [-0.39, 0.29) is 30.1 Å². The zero-order chi connectivity index (χ0) is 36.1. The van der Waals surface area contributed by atoms with Gasteiger partial charge in [-0.25, -0.2) is 0 Å². The third kappa shape index (κ3) is 6.62. The van der Waals surface area contributed by atoms with Gasteiger partial charge >= 0.3 is 0 Å². The summed E-state index contributed by atoms with van der Waals surface area (Å²) < 4.78 is 2.23. The molecule has 3 amide bonds.